The van der Waals surface area contributed by atoms with Gasteiger partial charge in [-0.05, 0) is 38.3 Å². The van der Waals surface area contributed by atoms with E-state index in [1.54, 1.807) is 11.0 Å². The predicted molar refractivity (Wildman–Crippen MR) is 102 cm³/mol. The molecule has 2 fully saturated rings. The SMILES string of the molecule is C=C/C(=C\C=C(/C)NCCN(CSC)C1COC1)N1CC(C)OC1=O. The molecule has 0 aliphatic carbocycles. The number of allylic oxidation sites excluding steroid dienone is 4. The van der Waals surface area contributed by atoms with Gasteiger partial charge < -0.3 is 14.8 Å². The van der Waals surface area contributed by atoms with Gasteiger partial charge in [0.15, 0.2) is 0 Å². The zero-order valence-corrected chi connectivity index (χ0v) is 16.2. The van der Waals surface area contributed by atoms with Crippen LogP contribution in [0.5, 0.6) is 0 Å². The Morgan fingerprint density at radius 1 is 1.48 bits per heavy atom. The molecule has 0 aromatic rings. The fourth-order valence-corrected chi connectivity index (χ4v) is 3.37. The van der Waals surface area contributed by atoms with Crippen molar-refractivity contribution in [2.75, 3.05) is 45.0 Å². The van der Waals surface area contributed by atoms with Crippen LogP contribution in [-0.2, 0) is 9.47 Å². The van der Waals surface area contributed by atoms with Crippen LogP contribution in [0.4, 0.5) is 4.79 Å². The molecule has 0 saturated carbocycles. The van der Waals surface area contributed by atoms with Gasteiger partial charge in [0.05, 0.1) is 25.8 Å². The van der Waals surface area contributed by atoms with Crippen molar-refractivity contribution in [3.63, 3.8) is 0 Å². The summed E-state index contributed by atoms with van der Waals surface area (Å²) in [5.41, 5.74) is 1.81. The van der Waals surface area contributed by atoms with E-state index in [2.05, 4.69) is 23.1 Å². The average Bonchev–Trinajstić information content (AvgIpc) is 2.85. The standard InChI is InChI=1S/C18H29N3O3S/c1-5-16(21-10-15(3)24-18(21)22)7-6-14(2)19-8-9-20(13-25-4)17-11-23-12-17/h5-7,15,17,19H,1,8-13H2,2-4H3/b14-6+,16-7+. The van der Waals surface area contributed by atoms with E-state index in [1.165, 1.54) is 0 Å². The third-order valence-electron chi connectivity index (χ3n) is 4.22. The van der Waals surface area contributed by atoms with Crippen LogP contribution in [0.15, 0.2) is 36.2 Å². The van der Waals surface area contributed by atoms with Crippen molar-refractivity contribution in [2.45, 2.75) is 26.0 Å². The fraction of sp³-hybridized carbons (Fsp3) is 0.611. The molecule has 140 valence electrons. The summed E-state index contributed by atoms with van der Waals surface area (Å²) >= 11 is 1.84. The summed E-state index contributed by atoms with van der Waals surface area (Å²) in [7, 11) is 0. The summed E-state index contributed by atoms with van der Waals surface area (Å²) in [6, 6.07) is 0.550. The van der Waals surface area contributed by atoms with Crippen LogP contribution in [0.2, 0.25) is 0 Å². The highest BCUT2D eigenvalue weighted by atomic mass is 32.2. The minimum atomic E-state index is -0.312. The number of hydrogen-bond acceptors (Lipinski definition) is 6. The summed E-state index contributed by atoms with van der Waals surface area (Å²) in [5, 5.41) is 3.42. The van der Waals surface area contributed by atoms with Crippen LogP contribution < -0.4 is 5.32 Å². The molecule has 1 N–H and O–H groups in total. The van der Waals surface area contributed by atoms with Crippen molar-refractivity contribution in [1.82, 2.24) is 15.1 Å². The minimum absolute atomic E-state index is 0.0862. The maximum Gasteiger partial charge on any atom is 0.414 e. The van der Waals surface area contributed by atoms with E-state index < -0.39 is 0 Å². The lowest BCUT2D eigenvalue weighted by Crippen LogP contribution is -2.50. The van der Waals surface area contributed by atoms with Crippen molar-refractivity contribution in [2.24, 2.45) is 0 Å². The summed E-state index contributed by atoms with van der Waals surface area (Å²) < 4.78 is 10.5. The molecule has 0 aromatic heterocycles. The number of ether oxygens (including phenoxy) is 2. The molecule has 2 aliphatic rings. The van der Waals surface area contributed by atoms with E-state index in [1.807, 2.05) is 37.8 Å². The molecule has 2 rings (SSSR count). The lowest BCUT2D eigenvalue weighted by molar-refractivity contribution is -0.0575. The van der Waals surface area contributed by atoms with Crippen LogP contribution in [0.25, 0.3) is 0 Å². The first kappa shape index (κ1) is 19.9. The first-order valence-corrected chi connectivity index (χ1v) is 9.98. The van der Waals surface area contributed by atoms with Gasteiger partial charge >= 0.3 is 6.09 Å². The lowest BCUT2D eigenvalue weighted by atomic mass is 10.2. The van der Waals surface area contributed by atoms with Crippen molar-refractivity contribution in [1.29, 1.82) is 0 Å². The van der Waals surface area contributed by atoms with Gasteiger partial charge in [0.2, 0.25) is 0 Å². The molecule has 7 heteroatoms. The number of cyclic esters (lactones) is 1. The van der Waals surface area contributed by atoms with Gasteiger partial charge in [0, 0.05) is 30.4 Å². The van der Waals surface area contributed by atoms with E-state index in [-0.39, 0.29) is 12.2 Å². The highest BCUT2D eigenvalue weighted by Crippen LogP contribution is 2.17. The third-order valence-corrected chi connectivity index (χ3v) is 4.81. The van der Waals surface area contributed by atoms with Crippen LogP contribution >= 0.6 is 11.8 Å². The van der Waals surface area contributed by atoms with E-state index in [0.29, 0.717) is 12.6 Å². The Morgan fingerprint density at radius 2 is 2.24 bits per heavy atom. The predicted octanol–water partition coefficient (Wildman–Crippen LogP) is 2.41. The number of amides is 1. The van der Waals surface area contributed by atoms with Gasteiger partial charge in [-0.1, -0.05) is 6.58 Å². The Kier molecular flexibility index (Phi) is 7.87. The second kappa shape index (κ2) is 9.89. The highest BCUT2D eigenvalue weighted by Gasteiger charge is 2.29. The molecule has 6 nitrogen and oxygen atoms in total. The molecule has 2 saturated heterocycles. The quantitative estimate of drug-likeness (QED) is 0.473. The molecule has 1 atom stereocenters. The molecule has 2 aliphatic heterocycles. The van der Waals surface area contributed by atoms with Gasteiger partial charge in [0.1, 0.15) is 6.10 Å². The average molecular weight is 368 g/mol. The van der Waals surface area contributed by atoms with Gasteiger partial charge in [-0.3, -0.25) is 9.80 Å². The van der Waals surface area contributed by atoms with Gasteiger partial charge in [-0.25, -0.2) is 4.79 Å². The topological polar surface area (TPSA) is 54.0 Å². The van der Waals surface area contributed by atoms with Gasteiger partial charge in [0.25, 0.3) is 0 Å². The summed E-state index contributed by atoms with van der Waals surface area (Å²) in [6.45, 7) is 11.8. The number of thioether (sulfide) groups is 1. The molecule has 1 amide bonds. The largest absolute Gasteiger partial charge is 0.444 e. The van der Waals surface area contributed by atoms with Crippen LogP contribution in [0.1, 0.15) is 13.8 Å². The van der Waals surface area contributed by atoms with E-state index in [4.69, 9.17) is 9.47 Å². The lowest BCUT2D eigenvalue weighted by Gasteiger charge is -2.36. The first-order valence-electron chi connectivity index (χ1n) is 8.59. The molecule has 0 spiro atoms. The monoisotopic (exact) mass is 367 g/mol. The fourth-order valence-electron chi connectivity index (χ4n) is 2.70. The second-order valence-electron chi connectivity index (χ2n) is 6.30. The zero-order chi connectivity index (χ0) is 18.2. The molecular formula is C18H29N3O3S. The van der Waals surface area contributed by atoms with Crippen molar-refractivity contribution < 1.29 is 14.3 Å². The number of carbonyl (C=O) groups is 1. The molecular weight excluding hydrogens is 338 g/mol. The van der Waals surface area contributed by atoms with Crippen LogP contribution in [0, 0.1) is 0 Å². The summed E-state index contributed by atoms with van der Waals surface area (Å²) in [4.78, 5) is 15.9. The Labute approximate surface area is 154 Å². The molecule has 0 radical (unpaired) electrons. The Balaban J connectivity index is 1.83. The molecule has 0 bridgehead atoms. The zero-order valence-electron chi connectivity index (χ0n) is 15.4. The number of rotatable bonds is 10. The maximum atomic E-state index is 11.8. The summed E-state index contributed by atoms with van der Waals surface area (Å²) in [5.74, 6) is 1.02. The third kappa shape index (κ3) is 5.80. The number of hydrogen-bond donors (Lipinski definition) is 1. The second-order valence-corrected chi connectivity index (χ2v) is 7.13. The Morgan fingerprint density at radius 3 is 2.76 bits per heavy atom. The molecule has 1 unspecified atom stereocenters. The molecule has 2 heterocycles. The molecule has 25 heavy (non-hydrogen) atoms. The van der Waals surface area contributed by atoms with Crippen molar-refractivity contribution in [3.05, 3.63) is 36.2 Å². The van der Waals surface area contributed by atoms with Crippen LogP contribution in [-0.4, -0.2) is 73.0 Å². The smallest absolute Gasteiger partial charge is 0.414 e. The number of nitrogens with one attached hydrogen (secondary N) is 1. The van der Waals surface area contributed by atoms with Gasteiger partial charge in [-0.15, -0.1) is 11.8 Å². The Bertz CT molecular complexity index is 532. The first-order chi connectivity index (χ1) is 12.0. The molecule has 0 aromatic carbocycles. The normalized spacial score (nSPS) is 22.2. The number of nitrogens with zero attached hydrogens (tertiary/aromatic N) is 2. The maximum absolute atomic E-state index is 11.8. The summed E-state index contributed by atoms with van der Waals surface area (Å²) in [6.07, 6.45) is 7.27. The minimum Gasteiger partial charge on any atom is -0.444 e. The van der Waals surface area contributed by atoms with E-state index in [9.17, 15) is 4.79 Å². The van der Waals surface area contributed by atoms with Crippen molar-refractivity contribution >= 4 is 17.9 Å². The van der Waals surface area contributed by atoms with E-state index >= 15 is 0 Å². The number of carbonyl (C=O) groups excluding carboxylic acids is 1. The Hall–Kier alpha value is -1.44. The van der Waals surface area contributed by atoms with Crippen LogP contribution in [0.3, 0.4) is 0 Å². The van der Waals surface area contributed by atoms with Gasteiger partial charge in [-0.2, -0.15) is 0 Å². The van der Waals surface area contributed by atoms with Crippen molar-refractivity contribution in [3.8, 4) is 0 Å². The highest BCUT2D eigenvalue weighted by molar-refractivity contribution is 7.98. The van der Waals surface area contributed by atoms with E-state index in [0.717, 1.165) is 43.6 Å².